The van der Waals surface area contributed by atoms with Gasteiger partial charge < -0.3 is 15.4 Å². The molecule has 13 heteroatoms. The molecule has 6 nitrogen and oxygen atoms in total. The lowest BCUT2D eigenvalue weighted by molar-refractivity contribution is -0.138. The number of anilines is 2. The summed E-state index contributed by atoms with van der Waals surface area (Å²) in [6.07, 6.45) is -7.94. The van der Waals surface area contributed by atoms with Crippen LogP contribution in [0.1, 0.15) is 33.1 Å². The van der Waals surface area contributed by atoms with E-state index in [0.29, 0.717) is 25.2 Å². The largest absolute Gasteiger partial charge is 0.461 e. The van der Waals surface area contributed by atoms with Crippen LogP contribution in [0.5, 0.6) is 0 Å². The van der Waals surface area contributed by atoms with Crippen molar-refractivity contribution < 1.29 is 40.3 Å². The number of hydrogen-bond acceptors (Lipinski definition) is 6. The van der Waals surface area contributed by atoms with Crippen molar-refractivity contribution in [3.63, 3.8) is 0 Å². The van der Waals surface area contributed by atoms with Crippen molar-refractivity contribution in [3.05, 3.63) is 101 Å². The predicted molar refractivity (Wildman–Crippen MR) is 145 cm³/mol. The molecule has 1 aromatic heterocycles. The first kappa shape index (κ1) is 30.2. The second-order valence-electron chi connectivity index (χ2n) is 9.89. The highest BCUT2D eigenvalue weighted by Crippen LogP contribution is 2.37. The Morgan fingerprint density at radius 1 is 0.977 bits per heavy atom. The molecule has 0 amide bonds. The molecule has 5 rings (SSSR count). The van der Waals surface area contributed by atoms with Crippen molar-refractivity contribution in [3.8, 4) is 0 Å². The smallest absolute Gasteiger partial charge is 0.418 e. The molecule has 1 aliphatic rings. The first-order valence-corrected chi connectivity index (χ1v) is 13.2. The molecule has 1 atom stereocenters. The standard InChI is InChI=1S/C30H25F7N4O2/c31-20-7-8-24(40-25-9-10-39-27-21(25)5-2-6-23(27)30(35,36)37)22(16-20)28(42)43-14-13-41-12-11-38-17-26(41)18-3-1-4-19(15-18)29(32,33)34/h1-10,15-16,26,38H,11-14,17H2,(H,39,40). The van der Waals surface area contributed by atoms with Crippen molar-refractivity contribution in [2.45, 2.75) is 18.4 Å². The van der Waals surface area contributed by atoms with Gasteiger partial charge in [-0.15, -0.1) is 0 Å². The monoisotopic (exact) mass is 606 g/mol. The molecule has 0 aliphatic carbocycles. The number of ether oxygens (including phenoxy) is 1. The van der Waals surface area contributed by atoms with Gasteiger partial charge >= 0.3 is 18.3 Å². The maximum absolute atomic E-state index is 14.2. The van der Waals surface area contributed by atoms with Gasteiger partial charge in [0.2, 0.25) is 0 Å². The fraction of sp³-hybridized carbons (Fsp3) is 0.267. The van der Waals surface area contributed by atoms with E-state index in [9.17, 15) is 35.5 Å². The van der Waals surface area contributed by atoms with Crippen LogP contribution in [0.4, 0.5) is 42.1 Å². The van der Waals surface area contributed by atoms with Crippen LogP contribution >= 0.6 is 0 Å². The van der Waals surface area contributed by atoms with Crippen LogP contribution < -0.4 is 10.6 Å². The lowest BCUT2D eigenvalue weighted by atomic mass is 10.0. The average Bonchev–Trinajstić information content (AvgIpc) is 2.97. The van der Waals surface area contributed by atoms with Gasteiger partial charge in [0.15, 0.2) is 0 Å². The van der Waals surface area contributed by atoms with Crippen LogP contribution in [-0.2, 0) is 17.1 Å². The Balaban J connectivity index is 1.32. The number of aromatic nitrogens is 1. The maximum atomic E-state index is 14.2. The quantitative estimate of drug-likeness (QED) is 0.175. The van der Waals surface area contributed by atoms with Gasteiger partial charge in [-0.2, -0.15) is 26.3 Å². The van der Waals surface area contributed by atoms with Gasteiger partial charge in [-0.1, -0.05) is 24.3 Å². The van der Waals surface area contributed by atoms with Crippen LogP contribution in [-0.4, -0.2) is 48.6 Å². The number of halogens is 7. The lowest BCUT2D eigenvalue weighted by Crippen LogP contribution is -2.47. The molecule has 43 heavy (non-hydrogen) atoms. The highest BCUT2D eigenvalue weighted by molar-refractivity contribution is 6.00. The number of pyridine rings is 1. The molecule has 0 saturated carbocycles. The van der Waals surface area contributed by atoms with Crippen LogP contribution in [0.2, 0.25) is 0 Å². The van der Waals surface area contributed by atoms with E-state index in [4.69, 9.17) is 4.74 Å². The minimum atomic E-state index is -4.64. The Bertz CT molecular complexity index is 1620. The number of benzene rings is 3. The number of alkyl halides is 6. The Kier molecular flexibility index (Phi) is 8.56. The maximum Gasteiger partial charge on any atom is 0.418 e. The minimum absolute atomic E-state index is 0.0975. The zero-order valence-corrected chi connectivity index (χ0v) is 22.4. The van der Waals surface area contributed by atoms with E-state index in [1.807, 2.05) is 4.90 Å². The van der Waals surface area contributed by atoms with Gasteiger partial charge in [0.1, 0.15) is 12.4 Å². The van der Waals surface area contributed by atoms with Crippen molar-refractivity contribution in [1.82, 2.24) is 15.2 Å². The molecule has 1 saturated heterocycles. The molecule has 3 aromatic carbocycles. The number of fused-ring (bicyclic) bond motifs is 1. The fourth-order valence-corrected chi connectivity index (χ4v) is 5.05. The Labute approximate surface area is 241 Å². The van der Waals surface area contributed by atoms with E-state index in [1.165, 1.54) is 36.5 Å². The molecule has 0 spiro atoms. The van der Waals surface area contributed by atoms with Crippen LogP contribution in [0.15, 0.2) is 72.9 Å². The second-order valence-corrected chi connectivity index (χ2v) is 9.89. The molecule has 1 unspecified atom stereocenters. The molecule has 226 valence electrons. The summed E-state index contributed by atoms with van der Waals surface area (Å²) in [6, 6.07) is 13.0. The number of hydrogen-bond donors (Lipinski definition) is 2. The summed E-state index contributed by atoms with van der Waals surface area (Å²) in [5.41, 5.74) is -1.40. The van der Waals surface area contributed by atoms with Gasteiger partial charge in [0, 0.05) is 49.5 Å². The molecular formula is C30H25F7N4O2. The molecule has 2 N–H and O–H groups in total. The number of para-hydroxylation sites is 1. The Morgan fingerprint density at radius 3 is 2.53 bits per heavy atom. The first-order chi connectivity index (χ1) is 20.4. The van der Waals surface area contributed by atoms with E-state index >= 15 is 0 Å². The van der Waals surface area contributed by atoms with Gasteiger partial charge in [-0.3, -0.25) is 9.88 Å². The first-order valence-electron chi connectivity index (χ1n) is 13.2. The Hall–Kier alpha value is -4.23. The van der Waals surface area contributed by atoms with E-state index in [2.05, 4.69) is 15.6 Å². The van der Waals surface area contributed by atoms with E-state index in [-0.39, 0.29) is 41.0 Å². The van der Waals surface area contributed by atoms with Gasteiger partial charge in [0.25, 0.3) is 0 Å². The van der Waals surface area contributed by atoms with Crippen LogP contribution in [0.25, 0.3) is 10.9 Å². The third-order valence-corrected chi connectivity index (χ3v) is 7.11. The van der Waals surface area contributed by atoms with Crippen molar-refractivity contribution in [2.75, 3.05) is 38.1 Å². The number of esters is 1. The van der Waals surface area contributed by atoms with Gasteiger partial charge in [-0.05, 0) is 48.0 Å². The highest BCUT2D eigenvalue weighted by atomic mass is 19.4. The average molecular weight is 607 g/mol. The lowest BCUT2D eigenvalue weighted by Gasteiger charge is -2.36. The summed E-state index contributed by atoms with van der Waals surface area (Å²) in [4.78, 5) is 18.8. The number of nitrogens with zero attached hydrogens (tertiary/aromatic N) is 2. The molecule has 4 aromatic rings. The van der Waals surface area contributed by atoms with E-state index in [1.54, 1.807) is 6.07 Å². The van der Waals surface area contributed by atoms with E-state index in [0.717, 1.165) is 30.3 Å². The molecule has 2 heterocycles. The predicted octanol–water partition coefficient (Wildman–Crippen LogP) is 6.96. The van der Waals surface area contributed by atoms with Crippen molar-refractivity contribution in [2.24, 2.45) is 0 Å². The molecule has 0 radical (unpaired) electrons. The molecular weight excluding hydrogens is 581 g/mol. The SMILES string of the molecule is O=C(OCCN1CCNCC1c1cccc(C(F)(F)F)c1)c1cc(F)ccc1Nc1ccnc2c(C(F)(F)F)cccc12. The molecule has 1 fully saturated rings. The normalized spacial score (nSPS) is 16.3. The molecule has 1 aliphatic heterocycles. The number of carbonyl (C=O) groups is 1. The van der Waals surface area contributed by atoms with Gasteiger partial charge in [0.05, 0.1) is 27.9 Å². The number of rotatable bonds is 7. The highest BCUT2D eigenvalue weighted by Gasteiger charge is 2.34. The van der Waals surface area contributed by atoms with Crippen LogP contribution in [0.3, 0.4) is 0 Å². The zero-order chi connectivity index (χ0) is 30.8. The topological polar surface area (TPSA) is 66.5 Å². The summed E-state index contributed by atoms with van der Waals surface area (Å²) in [5.74, 6) is -1.62. The minimum Gasteiger partial charge on any atom is -0.461 e. The van der Waals surface area contributed by atoms with Gasteiger partial charge in [-0.25, -0.2) is 9.18 Å². The molecule has 0 bridgehead atoms. The summed E-state index contributed by atoms with van der Waals surface area (Å²) in [7, 11) is 0. The second kappa shape index (κ2) is 12.2. The van der Waals surface area contributed by atoms with E-state index < -0.39 is 41.3 Å². The number of nitrogens with one attached hydrogen (secondary N) is 2. The van der Waals surface area contributed by atoms with Crippen molar-refractivity contribution >= 4 is 28.2 Å². The summed E-state index contributed by atoms with van der Waals surface area (Å²) in [6.45, 7) is 1.51. The summed E-state index contributed by atoms with van der Waals surface area (Å²) < 4.78 is 99.9. The summed E-state index contributed by atoms with van der Waals surface area (Å²) >= 11 is 0. The third-order valence-electron chi connectivity index (χ3n) is 7.11. The third kappa shape index (κ3) is 6.89. The van der Waals surface area contributed by atoms with Crippen LogP contribution in [0, 0.1) is 5.82 Å². The fourth-order valence-electron chi connectivity index (χ4n) is 5.05. The zero-order valence-electron chi connectivity index (χ0n) is 22.4. The number of carbonyl (C=O) groups excluding carboxylic acids is 1. The number of piperazine rings is 1. The summed E-state index contributed by atoms with van der Waals surface area (Å²) in [5, 5.41) is 6.20. The Morgan fingerprint density at radius 2 is 1.77 bits per heavy atom. The van der Waals surface area contributed by atoms with Crippen molar-refractivity contribution in [1.29, 1.82) is 0 Å².